The normalized spacial score (nSPS) is 10.5. The third-order valence-electron chi connectivity index (χ3n) is 2.85. The van der Waals surface area contributed by atoms with E-state index in [1.54, 1.807) is 7.05 Å². The summed E-state index contributed by atoms with van der Waals surface area (Å²) in [5, 5.41) is 6.96. The Morgan fingerprint density at radius 2 is 1.86 bits per heavy atom. The number of benzene rings is 2. The Bertz CT molecular complexity index is 641. The van der Waals surface area contributed by atoms with E-state index < -0.39 is 0 Å². The molecule has 6 heteroatoms. The Morgan fingerprint density at radius 3 is 2.50 bits per heavy atom. The van der Waals surface area contributed by atoms with E-state index in [0.29, 0.717) is 11.7 Å². The minimum atomic E-state index is 0.510. The molecule has 4 nitrogen and oxygen atoms in total. The third-order valence-corrected chi connectivity index (χ3v) is 3.41. The van der Waals surface area contributed by atoms with Crippen molar-refractivity contribution in [3.8, 4) is 5.75 Å². The number of nitrogens with one attached hydrogen (secondary N) is 3. The molecule has 0 aliphatic rings. The van der Waals surface area contributed by atoms with Crippen molar-refractivity contribution in [2.24, 2.45) is 0 Å². The molecule has 0 aliphatic heterocycles. The average molecular weight is 335 g/mol. The van der Waals surface area contributed by atoms with Crippen molar-refractivity contribution >= 4 is 35.1 Å². The number of hydrazine groups is 1. The number of hydrogen-bond donors (Lipinski definition) is 3. The van der Waals surface area contributed by atoms with Crippen LogP contribution >= 0.6 is 23.8 Å². The summed E-state index contributed by atoms with van der Waals surface area (Å²) in [4.78, 5) is 0. The maximum absolute atomic E-state index is 5.85. The van der Waals surface area contributed by atoms with Crippen LogP contribution in [0, 0.1) is 0 Å². The molecule has 0 unspecified atom stereocenters. The van der Waals surface area contributed by atoms with Gasteiger partial charge < -0.3 is 10.1 Å². The zero-order valence-electron chi connectivity index (χ0n) is 12.1. The molecule has 0 atom stereocenters. The SMILES string of the molecule is CNC(=S)N[NH+]=Cc1ccc(OCc2ccc(Cl)cc2)cc1. The van der Waals surface area contributed by atoms with E-state index in [9.17, 15) is 0 Å². The first-order valence-electron chi connectivity index (χ1n) is 6.71. The van der Waals surface area contributed by atoms with Crippen LogP contribution < -0.4 is 20.6 Å². The van der Waals surface area contributed by atoms with Gasteiger partial charge in [0, 0.05) is 17.6 Å². The minimum Gasteiger partial charge on any atom is -0.489 e. The topological polar surface area (TPSA) is 47.3 Å². The second-order valence-electron chi connectivity index (χ2n) is 4.48. The van der Waals surface area contributed by atoms with Gasteiger partial charge in [0.25, 0.3) is 0 Å². The average Bonchev–Trinajstić information content (AvgIpc) is 2.55. The molecule has 0 fully saturated rings. The van der Waals surface area contributed by atoms with Gasteiger partial charge in [-0.1, -0.05) is 23.7 Å². The Labute approximate surface area is 140 Å². The highest BCUT2D eigenvalue weighted by molar-refractivity contribution is 7.80. The molecule has 22 heavy (non-hydrogen) atoms. The van der Waals surface area contributed by atoms with Crippen molar-refractivity contribution in [1.82, 2.24) is 10.7 Å². The molecule has 0 saturated carbocycles. The summed E-state index contributed by atoms with van der Waals surface area (Å²) < 4.78 is 5.72. The molecular formula is C16H17ClN3OS+. The van der Waals surface area contributed by atoms with E-state index >= 15 is 0 Å². The van der Waals surface area contributed by atoms with Crippen molar-refractivity contribution < 1.29 is 9.84 Å². The number of rotatable bonds is 5. The molecule has 2 aromatic rings. The molecule has 114 valence electrons. The molecule has 0 aromatic heterocycles. The van der Waals surface area contributed by atoms with Crippen LogP contribution in [-0.2, 0) is 6.61 Å². The van der Waals surface area contributed by atoms with Gasteiger partial charge in [0.1, 0.15) is 12.4 Å². The molecular weight excluding hydrogens is 318 g/mol. The summed E-state index contributed by atoms with van der Waals surface area (Å²) in [6.45, 7) is 0.510. The van der Waals surface area contributed by atoms with Gasteiger partial charge in [-0.2, -0.15) is 0 Å². The molecule has 0 spiro atoms. The Morgan fingerprint density at radius 1 is 1.18 bits per heavy atom. The fourth-order valence-corrected chi connectivity index (χ4v) is 1.84. The van der Waals surface area contributed by atoms with E-state index in [4.69, 9.17) is 28.6 Å². The zero-order valence-corrected chi connectivity index (χ0v) is 13.7. The highest BCUT2D eigenvalue weighted by Gasteiger charge is 1.98. The predicted octanol–water partition coefficient (Wildman–Crippen LogP) is 1.43. The number of ether oxygens (including phenoxy) is 1. The summed E-state index contributed by atoms with van der Waals surface area (Å²) in [6.07, 6.45) is 1.81. The third kappa shape index (κ3) is 5.35. The maximum atomic E-state index is 5.85. The molecule has 0 aliphatic carbocycles. The first-order valence-corrected chi connectivity index (χ1v) is 7.50. The summed E-state index contributed by atoms with van der Waals surface area (Å²) in [6, 6.07) is 15.3. The fourth-order valence-electron chi connectivity index (χ4n) is 1.66. The first-order chi connectivity index (χ1) is 10.7. The van der Waals surface area contributed by atoms with E-state index in [1.807, 2.05) is 54.7 Å². The lowest BCUT2D eigenvalue weighted by molar-refractivity contribution is -0.500. The van der Waals surface area contributed by atoms with E-state index in [0.717, 1.165) is 21.9 Å². The Hall–Kier alpha value is -2.11. The number of hydrazone groups is 1. The number of halogens is 1. The summed E-state index contributed by atoms with van der Waals surface area (Å²) in [7, 11) is 1.75. The zero-order chi connectivity index (χ0) is 15.8. The summed E-state index contributed by atoms with van der Waals surface area (Å²) in [5.41, 5.74) is 4.90. The van der Waals surface area contributed by atoms with Gasteiger partial charge in [-0.25, -0.2) is 0 Å². The standard InChI is InChI=1S/C16H16ClN3OS/c1-18-16(22)20-19-10-12-4-8-15(9-5-12)21-11-13-2-6-14(17)7-3-13/h2-10H,11H2,1H3,(H2,18,20,22)/p+1. The Balaban J connectivity index is 1.86. The molecule has 2 rings (SSSR count). The number of hydrogen-bond acceptors (Lipinski definition) is 2. The molecule has 0 bridgehead atoms. The predicted molar refractivity (Wildman–Crippen MR) is 93.1 cm³/mol. The van der Waals surface area contributed by atoms with Gasteiger partial charge in [-0.15, -0.1) is 10.5 Å². The number of thiocarbonyl (C=S) groups is 1. The van der Waals surface area contributed by atoms with E-state index in [2.05, 4.69) is 15.8 Å². The van der Waals surface area contributed by atoms with Crippen LogP contribution in [0.4, 0.5) is 0 Å². The Kier molecular flexibility index (Phi) is 6.18. The highest BCUT2D eigenvalue weighted by Crippen LogP contribution is 2.14. The van der Waals surface area contributed by atoms with Gasteiger partial charge in [0.2, 0.25) is 5.11 Å². The minimum absolute atomic E-state index is 0.510. The van der Waals surface area contributed by atoms with Crippen LogP contribution in [0.5, 0.6) is 5.75 Å². The maximum Gasteiger partial charge on any atom is 0.223 e. The van der Waals surface area contributed by atoms with Gasteiger partial charge in [-0.05, 0) is 54.2 Å². The van der Waals surface area contributed by atoms with Crippen LogP contribution in [0.3, 0.4) is 0 Å². The summed E-state index contributed by atoms with van der Waals surface area (Å²) in [5.74, 6) is 0.811. The second kappa shape index (κ2) is 8.36. The van der Waals surface area contributed by atoms with Crippen LogP contribution in [-0.4, -0.2) is 18.4 Å². The smallest absolute Gasteiger partial charge is 0.223 e. The second-order valence-corrected chi connectivity index (χ2v) is 5.32. The van der Waals surface area contributed by atoms with Gasteiger partial charge in [0.05, 0.1) is 0 Å². The molecule has 3 N–H and O–H groups in total. The van der Waals surface area contributed by atoms with Crippen molar-refractivity contribution in [2.45, 2.75) is 6.61 Å². The molecule has 0 amide bonds. The first kappa shape index (κ1) is 16.3. The van der Waals surface area contributed by atoms with Crippen molar-refractivity contribution in [2.75, 3.05) is 7.05 Å². The molecule has 0 radical (unpaired) electrons. The lowest BCUT2D eigenvalue weighted by atomic mass is 10.2. The fraction of sp³-hybridized carbons (Fsp3) is 0.125. The monoisotopic (exact) mass is 334 g/mol. The van der Waals surface area contributed by atoms with Crippen molar-refractivity contribution in [3.63, 3.8) is 0 Å². The quantitative estimate of drug-likeness (QED) is 0.440. The molecule has 0 saturated heterocycles. The van der Waals surface area contributed by atoms with Crippen LogP contribution in [0.2, 0.25) is 5.02 Å². The largest absolute Gasteiger partial charge is 0.489 e. The van der Waals surface area contributed by atoms with Crippen molar-refractivity contribution in [1.29, 1.82) is 0 Å². The summed E-state index contributed by atoms with van der Waals surface area (Å²) >= 11 is 10.8. The van der Waals surface area contributed by atoms with Crippen LogP contribution in [0.1, 0.15) is 11.1 Å². The van der Waals surface area contributed by atoms with E-state index in [-0.39, 0.29) is 0 Å². The van der Waals surface area contributed by atoms with Gasteiger partial charge in [0.15, 0.2) is 6.21 Å². The lowest BCUT2D eigenvalue weighted by Gasteiger charge is -2.06. The van der Waals surface area contributed by atoms with Gasteiger partial charge >= 0.3 is 0 Å². The lowest BCUT2D eigenvalue weighted by Crippen LogP contribution is -2.82. The molecule has 2 aromatic carbocycles. The van der Waals surface area contributed by atoms with Gasteiger partial charge in [-0.3, -0.25) is 0 Å². The van der Waals surface area contributed by atoms with Crippen LogP contribution in [0.15, 0.2) is 48.5 Å². The van der Waals surface area contributed by atoms with Crippen molar-refractivity contribution in [3.05, 3.63) is 64.7 Å². The highest BCUT2D eigenvalue weighted by atomic mass is 35.5. The van der Waals surface area contributed by atoms with Crippen LogP contribution in [0.25, 0.3) is 0 Å². The van der Waals surface area contributed by atoms with E-state index in [1.165, 1.54) is 0 Å². The molecule has 0 heterocycles.